The molecular weight excluding hydrogens is 216 g/mol. The minimum atomic E-state index is -0.0580. The van der Waals surface area contributed by atoms with E-state index in [0.29, 0.717) is 13.1 Å². The van der Waals surface area contributed by atoms with Crippen LogP contribution in [0.15, 0.2) is 24.3 Å². The summed E-state index contributed by atoms with van der Waals surface area (Å²) in [4.78, 5) is 13.2. The van der Waals surface area contributed by atoms with Crippen LogP contribution in [0.2, 0.25) is 0 Å². The number of carbonyl (C=O) groups is 1. The molecule has 0 aliphatic carbocycles. The Morgan fingerprint density at radius 3 is 2.88 bits per heavy atom. The van der Waals surface area contributed by atoms with E-state index in [2.05, 4.69) is 6.92 Å². The summed E-state index contributed by atoms with van der Waals surface area (Å²) in [5.41, 5.74) is 6.58. The van der Waals surface area contributed by atoms with Crippen molar-refractivity contribution in [1.29, 1.82) is 0 Å². The highest BCUT2D eigenvalue weighted by atomic mass is 16.5. The zero-order valence-corrected chi connectivity index (χ0v) is 10.5. The van der Waals surface area contributed by atoms with E-state index in [4.69, 9.17) is 10.5 Å². The van der Waals surface area contributed by atoms with E-state index in [-0.39, 0.29) is 12.5 Å². The number of nitrogens with two attached hydrogens (primary N) is 1. The van der Waals surface area contributed by atoms with Crippen molar-refractivity contribution in [2.75, 3.05) is 26.7 Å². The van der Waals surface area contributed by atoms with Crippen LogP contribution in [0.3, 0.4) is 0 Å². The first kappa shape index (κ1) is 13.5. The lowest BCUT2D eigenvalue weighted by Gasteiger charge is -2.16. The highest BCUT2D eigenvalue weighted by molar-refractivity contribution is 5.77. The number of hydrogen-bond donors (Lipinski definition) is 1. The standard InChI is InChI=1S/C13H20N2O2/c1-3-11-5-4-6-12(9-11)17-10-13(16)15(2)8-7-14/h4-6,9H,3,7-8,10,14H2,1-2H3. The third kappa shape index (κ3) is 4.44. The number of hydrogen-bond acceptors (Lipinski definition) is 3. The Bertz CT molecular complexity index is 366. The molecule has 0 saturated carbocycles. The first-order chi connectivity index (χ1) is 8.17. The monoisotopic (exact) mass is 236 g/mol. The molecule has 0 heterocycles. The maximum atomic E-state index is 11.6. The lowest BCUT2D eigenvalue weighted by atomic mass is 10.2. The van der Waals surface area contributed by atoms with Crippen molar-refractivity contribution in [2.24, 2.45) is 5.73 Å². The van der Waals surface area contributed by atoms with Crippen LogP contribution in [0.25, 0.3) is 0 Å². The normalized spacial score (nSPS) is 10.1. The van der Waals surface area contributed by atoms with Crippen molar-refractivity contribution in [2.45, 2.75) is 13.3 Å². The summed E-state index contributed by atoms with van der Waals surface area (Å²) in [6, 6.07) is 7.78. The number of carbonyl (C=O) groups excluding carboxylic acids is 1. The number of rotatable bonds is 6. The van der Waals surface area contributed by atoms with Gasteiger partial charge in [0.05, 0.1) is 0 Å². The molecule has 4 nitrogen and oxygen atoms in total. The van der Waals surface area contributed by atoms with Gasteiger partial charge in [-0.2, -0.15) is 0 Å². The van der Waals surface area contributed by atoms with Gasteiger partial charge in [-0.3, -0.25) is 4.79 Å². The Morgan fingerprint density at radius 2 is 2.24 bits per heavy atom. The fourth-order valence-electron chi connectivity index (χ4n) is 1.43. The number of ether oxygens (including phenoxy) is 1. The summed E-state index contributed by atoms with van der Waals surface area (Å²) in [6.45, 7) is 3.16. The topological polar surface area (TPSA) is 55.6 Å². The van der Waals surface area contributed by atoms with Gasteiger partial charge in [0.15, 0.2) is 6.61 Å². The van der Waals surface area contributed by atoms with Crippen LogP contribution < -0.4 is 10.5 Å². The zero-order chi connectivity index (χ0) is 12.7. The summed E-state index contributed by atoms with van der Waals surface area (Å²) in [6.07, 6.45) is 0.957. The lowest BCUT2D eigenvalue weighted by molar-refractivity contribution is -0.131. The molecule has 2 N–H and O–H groups in total. The van der Waals surface area contributed by atoms with Gasteiger partial charge in [-0.15, -0.1) is 0 Å². The van der Waals surface area contributed by atoms with E-state index in [1.54, 1.807) is 11.9 Å². The molecule has 0 fully saturated rings. The average molecular weight is 236 g/mol. The van der Waals surface area contributed by atoms with Gasteiger partial charge in [-0.25, -0.2) is 0 Å². The van der Waals surface area contributed by atoms with Crippen LogP contribution in [-0.4, -0.2) is 37.6 Å². The summed E-state index contributed by atoms with van der Waals surface area (Å²) in [5, 5.41) is 0. The molecule has 1 rings (SSSR count). The fourth-order valence-corrected chi connectivity index (χ4v) is 1.43. The summed E-state index contributed by atoms with van der Waals surface area (Å²) in [5.74, 6) is 0.677. The molecule has 0 radical (unpaired) electrons. The molecule has 0 aliphatic rings. The Morgan fingerprint density at radius 1 is 1.47 bits per heavy atom. The van der Waals surface area contributed by atoms with Crippen molar-refractivity contribution < 1.29 is 9.53 Å². The van der Waals surface area contributed by atoms with Crippen LogP contribution in [0.5, 0.6) is 5.75 Å². The van der Waals surface area contributed by atoms with Crippen LogP contribution in [0.1, 0.15) is 12.5 Å². The molecule has 1 aromatic rings. The predicted octanol–water partition coefficient (Wildman–Crippen LogP) is 1.04. The molecule has 0 aliphatic heterocycles. The smallest absolute Gasteiger partial charge is 0.260 e. The van der Waals surface area contributed by atoms with Gasteiger partial charge in [0.25, 0.3) is 5.91 Å². The minimum absolute atomic E-state index is 0.0580. The molecule has 4 heteroatoms. The van der Waals surface area contributed by atoms with Crippen LogP contribution in [0.4, 0.5) is 0 Å². The van der Waals surface area contributed by atoms with Gasteiger partial charge in [0, 0.05) is 20.1 Å². The fraction of sp³-hybridized carbons (Fsp3) is 0.462. The zero-order valence-electron chi connectivity index (χ0n) is 10.5. The third-order valence-corrected chi connectivity index (χ3v) is 2.56. The van der Waals surface area contributed by atoms with Crippen LogP contribution in [0, 0.1) is 0 Å². The maximum Gasteiger partial charge on any atom is 0.260 e. The second-order valence-corrected chi connectivity index (χ2v) is 3.89. The lowest BCUT2D eigenvalue weighted by Crippen LogP contribution is -2.35. The van der Waals surface area contributed by atoms with E-state index < -0.39 is 0 Å². The molecule has 0 aromatic heterocycles. The molecule has 1 aromatic carbocycles. The molecule has 0 unspecified atom stereocenters. The molecule has 17 heavy (non-hydrogen) atoms. The molecule has 94 valence electrons. The molecule has 0 atom stereocenters. The summed E-state index contributed by atoms with van der Waals surface area (Å²) in [7, 11) is 1.72. The van der Waals surface area contributed by atoms with Gasteiger partial charge in [0.2, 0.25) is 0 Å². The quantitative estimate of drug-likeness (QED) is 0.803. The van der Waals surface area contributed by atoms with Crippen molar-refractivity contribution in [1.82, 2.24) is 4.90 Å². The molecule has 1 amide bonds. The van der Waals surface area contributed by atoms with E-state index in [9.17, 15) is 4.79 Å². The van der Waals surface area contributed by atoms with Crippen molar-refractivity contribution in [3.8, 4) is 5.75 Å². The average Bonchev–Trinajstić information content (AvgIpc) is 2.36. The largest absolute Gasteiger partial charge is 0.484 e. The van der Waals surface area contributed by atoms with Gasteiger partial charge in [0.1, 0.15) is 5.75 Å². The van der Waals surface area contributed by atoms with E-state index in [1.165, 1.54) is 5.56 Å². The summed E-state index contributed by atoms with van der Waals surface area (Å²) < 4.78 is 5.45. The third-order valence-electron chi connectivity index (χ3n) is 2.56. The highest BCUT2D eigenvalue weighted by Crippen LogP contribution is 2.13. The predicted molar refractivity (Wildman–Crippen MR) is 68.0 cm³/mol. The molecular formula is C13H20N2O2. The van der Waals surface area contributed by atoms with E-state index in [1.807, 2.05) is 24.3 Å². The van der Waals surface area contributed by atoms with Crippen molar-refractivity contribution >= 4 is 5.91 Å². The van der Waals surface area contributed by atoms with Gasteiger partial charge in [-0.1, -0.05) is 19.1 Å². The summed E-state index contributed by atoms with van der Waals surface area (Å²) >= 11 is 0. The van der Waals surface area contributed by atoms with E-state index in [0.717, 1.165) is 12.2 Å². The van der Waals surface area contributed by atoms with Gasteiger partial charge >= 0.3 is 0 Å². The number of amides is 1. The molecule has 0 bridgehead atoms. The Balaban J connectivity index is 2.46. The first-order valence-corrected chi connectivity index (χ1v) is 5.83. The second kappa shape index (κ2) is 6.91. The highest BCUT2D eigenvalue weighted by Gasteiger charge is 2.08. The van der Waals surface area contributed by atoms with Crippen molar-refractivity contribution in [3.63, 3.8) is 0 Å². The number of benzene rings is 1. The Hall–Kier alpha value is -1.55. The number of aryl methyl sites for hydroxylation is 1. The second-order valence-electron chi connectivity index (χ2n) is 3.89. The minimum Gasteiger partial charge on any atom is -0.484 e. The van der Waals surface area contributed by atoms with Crippen LogP contribution in [-0.2, 0) is 11.2 Å². The number of likely N-dealkylation sites (N-methyl/N-ethyl adjacent to an activating group) is 1. The maximum absolute atomic E-state index is 11.6. The Labute approximate surface area is 102 Å². The van der Waals surface area contributed by atoms with Gasteiger partial charge in [-0.05, 0) is 24.1 Å². The molecule has 0 spiro atoms. The van der Waals surface area contributed by atoms with Crippen LogP contribution >= 0.6 is 0 Å². The van der Waals surface area contributed by atoms with Crippen molar-refractivity contribution in [3.05, 3.63) is 29.8 Å². The molecule has 0 saturated heterocycles. The Kier molecular flexibility index (Phi) is 5.49. The van der Waals surface area contributed by atoms with Gasteiger partial charge < -0.3 is 15.4 Å². The number of nitrogens with zero attached hydrogens (tertiary/aromatic N) is 1. The SMILES string of the molecule is CCc1cccc(OCC(=O)N(C)CCN)c1. The first-order valence-electron chi connectivity index (χ1n) is 5.83. The van der Waals surface area contributed by atoms with E-state index >= 15 is 0 Å².